The van der Waals surface area contributed by atoms with E-state index in [0.717, 1.165) is 36.8 Å². The highest BCUT2D eigenvalue weighted by Gasteiger charge is 2.37. The predicted molar refractivity (Wildman–Crippen MR) is 131 cm³/mol. The van der Waals surface area contributed by atoms with E-state index >= 15 is 0 Å². The lowest BCUT2D eigenvalue weighted by molar-refractivity contribution is -0.138. The van der Waals surface area contributed by atoms with E-state index < -0.39 is 23.4 Å². The second kappa shape index (κ2) is 9.24. The number of pyridine rings is 1. The standard InChI is InChI=1S/C27H30F3N5O2/c1-16-19(6-4-7-21(16)27(28,29)30)17(2)32-25-20-14-23(26(37)9-12-34(13-10-26)18(3)36)31-15-22(20)35-11-5-8-24(35)33-25/h4,6-7,14-15,17,37H,5,8-13H2,1-3H3/b32-25-. The Hall–Kier alpha value is -3.27. The van der Waals surface area contributed by atoms with E-state index in [9.17, 15) is 23.1 Å². The molecule has 2 aliphatic heterocycles. The maximum Gasteiger partial charge on any atom is 0.416 e. The molecule has 0 saturated carbocycles. The molecular weight excluding hydrogens is 483 g/mol. The van der Waals surface area contributed by atoms with Crippen molar-refractivity contribution in [1.82, 2.24) is 19.4 Å². The Morgan fingerprint density at radius 3 is 2.62 bits per heavy atom. The van der Waals surface area contributed by atoms with Gasteiger partial charge in [0.25, 0.3) is 0 Å². The monoisotopic (exact) mass is 513 g/mol. The third-order valence-electron chi connectivity index (χ3n) is 7.70. The smallest absolute Gasteiger partial charge is 0.383 e. The van der Waals surface area contributed by atoms with Crippen LogP contribution in [0.25, 0.3) is 10.9 Å². The summed E-state index contributed by atoms with van der Waals surface area (Å²) < 4.78 is 42.6. The van der Waals surface area contributed by atoms with Gasteiger partial charge in [-0.3, -0.25) is 14.8 Å². The summed E-state index contributed by atoms with van der Waals surface area (Å²) in [4.78, 5) is 27.7. The van der Waals surface area contributed by atoms with E-state index in [0.29, 0.717) is 48.1 Å². The first kappa shape index (κ1) is 25.4. The van der Waals surface area contributed by atoms with Crippen molar-refractivity contribution in [3.8, 4) is 0 Å². The van der Waals surface area contributed by atoms with Crippen molar-refractivity contribution in [2.24, 2.45) is 4.99 Å². The molecule has 0 radical (unpaired) electrons. The number of aromatic nitrogens is 3. The van der Waals surface area contributed by atoms with Crippen molar-refractivity contribution in [1.29, 1.82) is 0 Å². The number of hydrogen-bond donors (Lipinski definition) is 1. The van der Waals surface area contributed by atoms with Crippen molar-refractivity contribution >= 4 is 16.8 Å². The molecular formula is C27H30F3N5O2. The molecule has 0 aliphatic carbocycles. The number of piperidine rings is 1. The molecule has 2 aliphatic rings. The van der Waals surface area contributed by atoms with Crippen LogP contribution in [0, 0.1) is 6.92 Å². The molecule has 1 amide bonds. The van der Waals surface area contributed by atoms with Gasteiger partial charge in [-0.25, -0.2) is 4.98 Å². The number of hydrogen-bond acceptors (Lipinski definition) is 5. The van der Waals surface area contributed by atoms with Gasteiger partial charge in [-0.2, -0.15) is 13.2 Å². The van der Waals surface area contributed by atoms with Crippen LogP contribution in [0.5, 0.6) is 0 Å². The van der Waals surface area contributed by atoms with Gasteiger partial charge < -0.3 is 14.6 Å². The number of fused-ring (bicyclic) bond motifs is 3. The lowest BCUT2D eigenvalue weighted by Gasteiger charge is -2.37. The van der Waals surface area contributed by atoms with E-state index in [1.165, 1.54) is 19.9 Å². The van der Waals surface area contributed by atoms with Gasteiger partial charge in [0, 0.05) is 38.4 Å². The maximum absolute atomic E-state index is 13.5. The van der Waals surface area contributed by atoms with Gasteiger partial charge >= 0.3 is 6.18 Å². The molecule has 1 aromatic carbocycles. The Balaban J connectivity index is 1.61. The summed E-state index contributed by atoms with van der Waals surface area (Å²) in [5.41, 5.74) is 0.540. The Morgan fingerprint density at radius 1 is 1.22 bits per heavy atom. The van der Waals surface area contributed by atoms with Crippen LogP contribution in [-0.2, 0) is 29.5 Å². The van der Waals surface area contributed by atoms with Crippen LogP contribution in [-0.4, -0.2) is 43.5 Å². The summed E-state index contributed by atoms with van der Waals surface area (Å²) in [6.45, 7) is 6.42. The van der Waals surface area contributed by atoms with Crippen LogP contribution in [0.3, 0.4) is 0 Å². The van der Waals surface area contributed by atoms with E-state index in [4.69, 9.17) is 9.98 Å². The quantitative estimate of drug-likeness (QED) is 0.569. The molecule has 2 aromatic heterocycles. The number of rotatable bonds is 3. The minimum atomic E-state index is -4.44. The van der Waals surface area contributed by atoms with E-state index in [-0.39, 0.29) is 11.5 Å². The van der Waals surface area contributed by atoms with Crippen molar-refractivity contribution in [3.05, 3.63) is 64.2 Å². The van der Waals surface area contributed by atoms with E-state index in [1.807, 2.05) is 6.07 Å². The van der Waals surface area contributed by atoms with Gasteiger partial charge in [0.05, 0.1) is 29.0 Å². The number of likely N-dealkylation sites (tertiary alicyclic amines) is 1. The lowest BCUT2D eigenvalue weighted by atomic mass is 9.87. The van der Waals surface area contributed by atoms with Gasteiger partial charge in [0.1, 0.15) is 11.4 Å². The highest BCUT2D eigenvalue weighted by molar-refractivity contribution is 5.78. The number of halogens is 3. The van der Waals surface area contributed by atoms with Gasteiger partial charge in [-0.1, -0.05) is 12.1 Å². The fourth-order valence-electron chi connectivity index (χ4n) is 5.53. The molecule has 0 spiro atoms. The van der Waals surface area contributed by atoms with Crippen molar-refractivity contribution in [3.63, 3.8) is 0 Å². The number of benzene rings is 1. The molecule has 10 heteroatoms. The summed E-state index contributed by atoms with van der Waals surface area (Å²) in [5, 5.41) is 12.1. The molecule has 4 heterocycles. The summed E-state index contributed by atoms with van der Waals surface area (Å²) >= 11 is 0. The van der Waals surface area contributed by atoms with Crippen LogP contribution in [0.2, 0.25) is 0 Å². The molecule has 0 bridgehead atoms. The molecule has 5 rings (SSSR count). The summed E-state index contributed by atoms with van der Waals surface area (Å²) in [5.74, 6) is 0.840. The van der Waals surface area contributed by atoms with Crippen LogP contribution in [0.4, 0.5) is 13.2 Å². The average molecular weight is 514 g/mol. The average Bonchev–Trinajstić information content (AvgIpc) is 3.32. The first-order valence-electron chi connectivity index (χ1n) is 12.6. The van der Waals surface area contributed by atoms with Gasteiger partial charge in [-0.05, 0) is 56.4 Å². The number of amides is 1. The van der Waals surface area contributed by atoms with Crippen molar-refractivity contribution in [2.75, 3.05) is 13.1 Å². The predicted octanol–water partition coefficient (Wildman–Crippen LogP) is 4.20. The van der Waals surface area contributed by atoms with Crippen LogP contribution >= 0.6 is 0 Å². The molecule has 37 heavy (non-hydrogen) atoms. The van der Waals surface area contributed by atoms with Gasteiger partial charge in [-0.15, -0.1) is 0 Å². The summed E-state index contributed by atoms with van der Waals surface area (Å²) in [6, 6.07) is 5.40. The number of carbonyl (C=O) groups is 1. The second-order valence-corrected chi connectivity index (χ2v) is 10.1. The van der Waals surface area contributed by atoms with Crippen LogP contribution in [0.15, 0.2) is 35.5 Å². The summed E-state index contributed by atoms with van der Waals surface area (Å²) in [6.07, 6.45) is -0.271. The Bertz CT molecular complexity index is 1440. The molecule has 7 nitrogen and oxygen atoms in total. The fraction of sp³-hybridized carbons (Fsp3) is 0.481. The Morgan fingerprint density at radius 2 is 1.95 bits per heavy atom. The molecule has 1 N–H and O–H groups in total. The van der Waals surface area contributed by atoms with Crippen molar-refractivity contribution in [2.45, 2.75) is 70.8 Å². The zero-order valence-corrected chi connectivity index (χ0v) is 21.1. The number of carbonyl (C=O) groups excluding carboxylic acids is 1. The van der Waals surface area contributed by atoms with Crippen molar-refractivity contribution < 1.29 is 23.1 Å². The van der Waals surface area contributed by atoms with Gasteiger partial charge in [0.15, 0.2) is 5.49 Å². The SMILES string of the molecule is CC(=O)N1CCC(O)(c2cc3/c(=N/C(C)c4cccc(C(F)(F)F)c4C)nc4n(c3cn2)CCC4)CC1. The number of aryl methyl sites for hydroxylation is 2. The highest BCUT2D eigenvalue weighted by atomic mass is 19.4. The maximum atomic E-state index is 13.5. The lowest BCUT2D eigenvalue weighted by Crippen LogP contribution is -2.44. The molecule has 3 aromatic rings. The number of nitrogens with zero attached hydrogens (tertiary/aromatic N) is 5. The normalized spacial score (nSPS) is 18.8. The molecule has 1 saturated heterocycles. The molecule has 1 fully saturated rings. The highest BCUT2D eigenvalue weighted by Crippen LogP contribution is 2.36. The minimum absolute atomic E-state index is 0.0235. The van der Waals surface area contributed by atoms with E-state index in [1.54, 1.807) is 24.1 Å². The summed E-state index contributed by atoms with van der Waals surface area (Å²) in [7, 11) is 0. The fourth-order valence-corrected chi connectivity index (χ4v) is 5.53. The number of alkyl halides is 3. The minimum Gasteiger partial charge on any atom is -0.383 e. The molecule has 1 atom stereocenters. The molecule has 196 valence electrons. The first-order chi connectivity index (χ1) is 17.5. The topological polar surface area (TPSA) is 83.6 Å². The Kier molecular flexibility index (Phi) is 6.34. The third-order valence-corrected chi connectivity index (χ3v) is 7.70. The molecule has 1 unspecified atom stereocenters. The zero-order valence-electron chi connectivity index (χ0n) is 21.1. The third kappa shape index (κ3) is 4.63. The number of aliphatic hydroxyl groups is 1. The second-order valence-electron chi connectivity index (χ2n) is 10.1. The Labute approximate surface area is 212 Å². The van der Waals surface area contributed by atoms with Gasteiger partial charge in [0.2, 0.25) is 5.91 Å². The zero-order chi connectivity index (χ0) is 26.5. The first-order valence-corrected chi connectivity index (χ1v) is 12.6. The van der Waals surface area contributed by atoms with Crippen LogP contribution < -0.4 is 5.49 Å². The largest absolute Gasteiger partial charge is 0.416 e. The van der Waals surface area contributed by atoms with Crippen LogP contribution in [0.1, 0.15) is 67.4 Å². The van der Waals surface area contributed by atoms with E-state index in [2.05, 4.69) is 9.55 Å².